The van der Waals surface area contributed by atoms with Crippen molar-refractivity contribution >= 4 is 40.4 Å². The summed E-state index contributed by atoms with van der Waals surface area (Å²) in [6.45, 7) is 1.79. The molecule has 0 aromatic heterocycles. The van der Waals surface area contributed by atoms with E-state index in [-0.39, 0.29) is 11.7 Å². The fraction of sp³-hybridized carbons (Fsp3) is 0.211. The molecule has 25 heavy (non-hydrogen) atoms. The van der Waals surface area contributed by atoms with Crippen molar-refractivity contribution in [1.82, 2.24) is 4.90 Å². The van der Waals surface area contributed by atoms with E-state index < -0.39 is 0 Å². The first-order chi connectivity index (χ1) is 12.0. The summed E-state index contributed by atoms with van der Waals surface area (Å²) in [5.74, 6) is 0.142. The van der Waals surface area contributed by atoms with Crippen LogP contribution in [0.25, 0.3) is 5.57 Å². The van der Waals surface area contributed by atoms with Crippen LogP contribution in [0.2, 0.25) is 10.0 Å². The van der Waals surface area contributed by atoms with Gasteiger partial charge in [-0.25, -0.2) is 0 Å². The molecule has 0 aliphatic carbocycles. The number of anilines is 1. The average molecular weight is 377 g/mol. The van der Waals surface area contributed by atoms with Gasteiger partial charge in [0, 0.05) is 13.1 Å². The first-order valence-electron chi connectivity index (χ1n) is 7.97. The summed E-state index contributed by atoms with van der Waals surface area (Å²) in [5, 5.41) is 12.9. The van der Waals surface area contributed by atoms with Crippen molar-refractivity contribution in [3.8, 4) is 5.75 Å². The van der Waals surface area contributed by atoms with Gasteiger partial charge in [-0.3, -0.25) is 9.69 Å². The van der Waals surface area contributed by atoms with E-state index in [9.17, 15) is 9.90 Å². The van der Waals surface area contributed by atoms with Crippen molar-refractivity contribution < 1.29 is 9.90 Å². The molecule has 4 nitrogen and oxygen atoms in total. The minimum absolute atomic E-state index is 0.120. The maximum Gasteiger partial charge on any atom is 0.238 e. The van der Waals surface area contributed by atoms with Crippen molar-refractivity contribution in [1.29, 1.82) is 0 Å². The van der Waals surface area contributed by atoms with E-state index in [1.165, 1.54) is 5.57 Å². The molecule has 0 atom stereocenters. The SMILES string of the molecule is O=C(CN1CC=C(c2ccc(O)cc2)CC1)Nc1cccc(Cl)c1Cl. The molecular formula is C19H18Cl2N2O2. The van der Waals surface area contributed by atoms with Crippen LogP contribution in [0, 0.1) is 0 Å². The van der Waals surface area contributed by atoms with Crippen LogP contribution in [-0.4, -0.2) is 35.5 Å². The first-order valence-corrected chi connectivity index (χ1v) is 8.73. The van der Waals surface area contributed by atoms with Crippen LogP contribution >= 0.6 is 23.2 Å². The summed E-state index contributed by atoms with van der Waals surface area (Å²) in [6, 6.07) is 12.3. The van der Waals surface area contributed by atoms with Crippen molar-refractivity contribution in [3.05, 3.63) is 64.1 Å². The van der Waals surface area contributed by atoms with Gasteiger partial charge in [0.15, 0.2) is 0 Å². The Balaban J connectivity index is 1.57. The quantitative estimate of drug-likeness (QED) is 0.829. The minimum atomic E-state index is -0.120. The first kappa shape index (κ1) is 17.8. The standard InChI is InChI=1S/C19H18Cl2N2O2/c20-16-2-1-3-17(19(16)21)22-18(25)12-23-10-8-14(9-11-23)13-4-6-15(24)7-5-13/h1-8,24H,9-12H2,(H,22,25). The predicted molar refractivity (Wildman–Crippen MR) is 102 cm³/mol. The number of carbonyl (C=O) groups excluding carboxylic acids is 1. The zero-order valence-corrected chi connectivity index (χ0v) is 15.0. The molecule has 1 amide bonds. The molecule has 6 heteroatoms. The highest BCUT2D eigenvalue weighted by Gasteiger charge is 2.16. The predicted octanol–water partition coefficient (Wildman–Crippen LogP) is 4.43. The van der Waals surface area contributed by atoms with Crippen LogP contribution in [0.4, 0.5) is 5.69 Å². The van der Waals surface area contributed by atoms with E-state index in [0.29, 0.717) is 28.8 Å². The molecule has 0 fully saturated rings. The Labute approximate surface area is 156 Å². The highest BCUT2D eigenvalue weighted by Crippen LogP contribution is 2.29. The number of amides is 1. The zero-order chi connectivity index (χ0) is 17.8. The molecule has 3 rings (SSSR count). The van der Waals surface area contributed by atoms with Gasteiger partial charge in [-0.2, -0.15) is 0 Å². The highest BCUT2D eigenvalue weighted by molar-refractivity contribution is 6.44. The molecule has 2 N–H and O–H groups in total. The number of rotatable bonds is 4. The maximum absolute atomic E-state index is 12.2. The molecule has 0 saturated heterocycles. The van der Waals surface area contributed by atoms with E-state index in [2.05, 4.69) is 16.3 Å². The van der Waals surface area contributed by atoms with Gasteiger partial charge in [0.05, 0.1) is 22.3 Å². The lowest BCUT2D eigenvalue weighted by Crippen LogP contribution is -2.36. The van der Waals surface area contributed by atoms with Crippen LogP contribution < -0.4 is 5.32 Å². The fourth-order valence-corrected chi connectivity index (χ4v) is 3.13. The van der Waals surface area contributed by atoms with Gasteiger partial charge >= 0.3 is 0 Å². The number of aromatic hydroxyl groups is 1. The lowest BCUT2D eigenvalue weighted by Gasteiger charge is -2.26. The number of carbonyl (C=O) groups is 1. The van der Waals surface area contributed by atoms with Crippen LogP contribution in [0.5, 0.6) is 5.75 Å². The molecular weight excluding hydrogens is 359 g/mol. The second kappa shape index (κ2) is 7.91. The second-order valence-electron chi connectivity index (χ2n) is 5.91. The van der Waals surface area contributed by atoms with Crippen LogP contribution in [-0.2, 0) is 4.79 Å². The average Bonchev–Trinajstić information content (AvgIpc) is 2.60. The van der Waals surface area contributed by atoms with E-state index in [0.717, 1.165) is 18.5 Å². The molecule has 0 radical (unpaired) electrons. The lowest BCUT2D eigenvalue weighted by atomic mass is 9.99. The topological polar surface area (TPSA) is 52.6 Å². The number of benzene rings is 2. The molecule has 1 heterocycles. The van der Waals surface area contributed by atoms with E-state index >= 15 is 0 Å². The van der Waals surface area contributed by atoms with Crippen LogP contribution in [0.3, 0.4) is 0 Å². The third-order valence-electron chi connectivity index (χ3n) is 4.12. The number of phenols is 1. The molecule has 2 aromatic rings. The van der Waals surface area contributed by atoms with Gasteiger partial charge in [-0.1, -0.05) is 47.5 Å². The Morgan fingerprint density at radius 3 is 2.60 bits per heavy atom. The molecule has 1 aliphatic rings. The van der Waals surface area contributed by atoms with Crippen LogP contribution in [0.15, 0.2) is 48.5 Å². The Morgan fingerprint density at radius 2 is 1.92 bits per heavy atom. The number of nitrogens with one attached hydrogen (secondary N) is 1. The number of nitrogens with zero attached hydrogens (tertiary/aromatic N) is 1. The number of phenolic OH excluding ortho intramolecular Hbond substituents is 1. The van der Waals surface area contributed by atoms with Crippen LogP contribution in [0.1, 0.15) is 12.0 Å². The van der Waals surface area contributed by atoms with Crippen molar-refractivity contribution in [3.63, 3.8) is 0 Å². The van der Waals surface area contributed by atoms with Gasteiger partial charge in [0.2, 0.25) is 5.91 Å². The summed E-state index contributed by atoms with van der Waals surface area (Å²) in [6.07, 6.45) is 2.98. The van der Waals surface area contributed by atoms with Gasteiger partial charge < -0.3 is 10.4 Å². The molecule has 0 unspecified atom stereocenters. The molecule has 1 aliphatic heterocycles. The molecule has 0 saturated carbocycles. The maximum atomic E-state index is 12.2. The summed E-state index contributed by atoms with van der Waals surface area (Å²) in [4.78, 5) is 14.3. The minimum Gasteiger partial charge on any atom is -0.508 e. The lowest BCUT2D eigenvalue weighted by molar-refractivity contribution is -0.117. The van der Waals surface area contributed by atoms with Gasteiger partial charge in [0.1, 0.15) is 5.75 Å². The largest absolute Gasteiger partial charge is 0.508 e. The number of hydrogen-bond acceptors (Lipinski definition) is 3. The summed E-state index contributed by atoms with van der Waals surface area (Å²) < 4.78 is 0. The molecule has 0 spiro atoms. The smallest absolute Gasteiger partial charge is 0.238 e. The van der Waals surface area contributed by atoms with Gasteiger partial charge in [0.25, 0.3) is 0 Å². The molecule has 0 bridgehead atoms. The fourth-order valence-electron chi connectivity index (χ4n) is 2.79. The van der Waals surface area contributed by atoms with Gasteiger partial charge in [-0.15, -0.1) is 0 Å². The van der Waals surface area contributed by atoms with E-state index in [1.807, 2.05) is 12.1 Å². The zero-order valence-electron chi connectivity index (χ0n) is 13.5. The van der Waals surface area contributed by atoms with Crippen molar-refractivity contribution in [2.24, 2.45) is 0 Å². The summed E-state index contributed by atoms with van der Waals surface area (Å²) >= 11 is 12.0. The van der Waals surface area contributed by atoms with Crippen molar-refractivity contribution in [2.75, 3.05) is 25.0 Å². The Kier molecular flexibility index (Phi) is 5.63. The number of halogens is 2. The number of hydrogen-bond donors (Lipinski definition) is 2. The van der Waals surface area contributed by atoms with E-state index in [4.69, 9.17) is 23.2 Å². The third-order valence-corrected chi connectivity index (χ3v) is 4.94. The molecule has 2 aromatic carbocycles. The highest BCUT2D eigenvalue weighted by atomic mass is 35.5. The Hall–Kier alpha value is -2.01. The monoisotopic (exact) mass is 376 g/mol. The van der Waals surface area contributed by atoms with Crippen molar-refractivity contribution in [2.45, 2.75) is 6.42 Å². The van der Waals surface area contributed by atoms with E-state index in [1.54, 1.807) is 30.3 Å². The van der Waals surface area contributed by atoms with Gasteiger partial charge in [-0.05, 0) is 41.8 Å². The third kappa shape index (κ3) is 4.54. The Bertz CT molecular complexity index is 804. The summed E-state index contributed by atoms with van der Waals surface area (Å²) in [7, 11) is 0. The summed E-state index contributed by atoms with van der Waals surface area (Å²) in [5.41, 5.74) is 2.86. The normalized spacial score (nSPS) is 14.9. The second-order valence-corrected chi connectivity index (χ2v) is 6.70. The Morgan fingerprint density at radius 1 is 1.16 bits per heavy atom. The molecule has 130 valence electrons.